The van der Waals surface area contributed by atoms with Gasteiger partial charge in [0.1, 0.15) is 5.82 Å². The number of anilines is 2. The highest BCUT2D eigenvalue weighted by atomic mass is 15.3. The molecule has 0 aliphatic rings. The monoisotopic (exact) mass is 225 g/mol. The Bertz CT molecular complexity index is 337. The number of nitrogen functional groups attached to an aromatic ring is 2. The van der Waals surface area contributed by atoms with Crippen LogP contribution in [0.5, 0.6) is 0 Å². The fourth-order valence-electron chi connectivity index (χ4n) is 1.93. The molecule has 1 aromatic rings. The molecule has 0 amide bonds. The van der Waals surface area contributed by atoms with Crippen LogP contribution in [0.15, 0.2) is 6.20 Å². The maximum Gasteiger partial charge on any atom is 0.145 e. The zero-order valence-corrected chi connectivity index (χ0v) is 10.4. The zero-order valence-electron chi connectivity index (χ0n) is 10.4. The number of aromatic nitrogens is 2. The largest absolute Gasteiger partial charge is 0.394 e. The quantitative estimate of drug-likeness (QED) is 0.701. The van der Waals surface area contributed by atoms with Crippen LogP contribution in [0.4, 0.5) is 11.5 Å². The summed E-state index contributed by atoms with van der Waals surface area (Å²) in [5.74, 6) is 1.10. The van der Waals surface area contributed by atoms with Crippen molar-refractivity contribution < 1.29 is 0 Å². The Morgan fingerprint density at radius 3 is 2.50 bits per heavy atom. The van der Waals surface area contributed by atoms with E-state index < -0.39 is 0 Å². The number of hydrogen-bond acceptors (Lipinski definition) is 4. The smallest absolute Gasteiger partial charge is 0.145 e. The molecule has 0 fully saturated rings. The van der Waals surface area contributed by atoms with Gasteiger partial charge in [-0.25, -0.2) is 4.68 Å². The van der Waals surface area contributed by atoms with Gasteiger partial charge in [0.25, 0.3) is 0 Å². The minimum Gasteiger partial charge on any atom is -0.394 e. The summed E-state index contributed by atoms with van der Waals surface area (Å²) < 4.78 is 1.75. The fraction of sp³-hybridized carbons (Fsp3) is 0.727. The summed E-state index contributed by atoms with van der Waals surface area (Å²) in [6, 6.07) is 0. The molecule has 6 N–H and O–H groups in total. The Labute approximate surface area is 97.0 Å². The van der Waals surface area contributed by atoms with E-state index in [1.54, 1.807) is 10.9 Å². The second-order valence-corrected chi connectivity index (χ2v) is 5.29. The van der Waals surface area contributed by atoms with Crippen LogP contribution in [-0.4, -0.2) is 15.3 Å². The topological polar surface area (TPSA) is 95.9 Å². The van der Waals surface area contributed by atoms with Crippen molar-refractivity contribution in [2.24, 2.45) is 11.7 Å². The van der Waals surface area contributed by atoms with Gasteiger partial charge in [0.2, 0.25) is 0 Å². The van der Waals surface area contributed by atoms with E-state index in [0.717, 1.165) is 19.4 Å². The molecule has 0 bridgehead atoms. The van der Waals surface area contributed by atoms with Crippen LogP contribution in [0, 0.1) is 5.92 Å². The van der Waals surface area contributed by atoms with E-state index in [0.29, 0.717) is 17.4 Å². The molecular weight excluding hydrogens is 202 g/mol. The molecule has 0 aliphatic heterocycles. The van der Waals surface area contributed by atoms with Crippen molar-refractivity contribution in [3.63, 3.8) is 0 Å². The van der Waals surface area contributed by atoms with Crippen LogP contribution in [0.1, 0.15) is 33.6 Å². The van der Waals surface area contributed by atoms with Gasteiger partial charge in [0.05, 0.1) is 11.9 Å². The van der Waals surface area contributed by atoms with Gasteiger partial charge in [0.15, 0.2) is 0 Å². The van der Waals surface area contributed by atoms with E-state index in [9.17, 15) is 0 Å². The highest BCUT2D eigenvalue weighted by Crippen LogP contribution is 2.19. The molecule has 1 unspecified atom stereocenters. The van der Waals surface area contributed by atoms with Crippen molar-refractivity contribution in [1.82, 2.24) is 9.78 Å². The highest BCUT2D eigenvalue weighted by molar-refractivity contribution is 5.56. The van der Waals surface area contributed by atoms with E-state index in [-0.39, 0.29) is 5.54 Å². The number of nitrogens with zero attached hydrogens (tertiary/aromatic N) is 2. The van der Waals surface area contributed by atoms with Crippen LogP contribution in [0.3, 0.4) is 0 Å². The maximum absolute atomic E-state index is 5.97. The number of nitrogens with two attached hydrogens (primary N) is 3. The molecule has 0 saturated carbocycles. The zero-order chi connectivity index (χ0) is 12.3. The summed E-state index contributed by atoms with van der Waals surface area (Å²) in [6.07, 6.45) is 3.59. The fourth-order valence-corrected chi connectivity index (χ4v) is 1.93. The normalized spacial score (nSPS) is 14.0. The lowest BCUT2D eigenvalue weighted by Crippen LogP contribution is -2.34. The molecule has 0 saturated heterocycles. The van der Waals surface area contributed by atoms with Gasteiger partial charge >= 0.3 is 0 Å². The second-order valence-electron chi connectivity index (χ2n) is 5.29. The lowest BCUT2D eigenvalue weighted by molar-refractivity contribution is 0.346. The molecule has 5 nitrogen and oxygen atoms in total. The van der Waals surface area contributed by atoms with Crippen LogP contribution < -0.4 is 17.2 Å². The first-order chi connectivity index (χ1) is 7.29. The first-order valence-corrected chi connectivity index (χ1v) is 5.65. The average Bonchev–Trinajstić information content (AvgIpc) is 2.42. The molecule has 92 valence electrons. The van der Waals surface area contributed by atoms with E-state index in [1.807, 2.05) is 13.8 Å². The van der Waals surface area contributed by atoms with Crippen molar-refractivity contribution in [3.8, 4) is 0 Å². The van der Waals surface area contributed by atoms with Crippen LogP contribution in [-0.2, 0) is 6.54 Å². The Balaban J connectivity index is 2.43. The van der Waals surface area contributed by atoms with Crippen molar-refractivity contribution >= 4 is 11.5 Å². The summed E-state index contributed by atoms with van der Waals surface area (Å²) >= 11 is 0. The van der Waals surface area contributed by atoms with Crippen molar-refractivity contribution in [1.29, 1.82) is 0 Å². The molecule has 1 atom stereocenters. The van der Waals surface area contributed by atoms with E-state index in [4.69, 9.17) is 17.2 Å². The Kier molecular flexibility index (Phi) is 3.80. The summed E-state index contributed by atoms with van der Waals surface area (Å²) in [5, 5.41) is 4.12. The SMILES string of the molecule is CC(CCn1ncc(N)c1N)CC(C)(C)N. The Hall–Kier alpha value is -1.23. The van der Waals surface area contributed by atoms with Gasteiger partial charge in [-0.2, -0.15) is 5.10 Å². The lowest BCUT2D eigenvalue weighted by Gasteiger charge is -2.23. The maximum atomic E-state index is 5.97. The molecule has 5 heteroatoms. The van der Waals surface area contributed by atoms with Gasteiger partial charge in [0, 0.05) is 12.1 Å². The van der Waals surface area contributed by atoms with Gasteiger partial charge in [-0.15, -0.1) is 0 Å². The minimum atomic E-state index is -0.117. The second kappa shape index (κ2) is 4.74. The molecule has 0 radical (unpaired) electrons. The molecule has 1 rings (SSSR count). The Morgan fingerprint density at radius 2 is 2.06 bits per heavy atom. The van der Waals surface area contributed by atoms with E-state index in [1.165, 1.54) is 0 Å². The minimum absolute atomic E-state index is 0.117. The predicted octanol–water partition coefficient (Wildman–Crippen LogP) is 1.20. The van der Waals surface area contributed by atoms with E-state index in [2.05, 4.69) is 12.0 Å². The lowest BCUT2D eigenvalue weighted by atomic mass is 9.91. The van der Waals surface area contributed by atoms with Crippen molar-refractivity contribution in [3.05, 3.63) is 6.20 Å². The average molecular weight is 225 g/mol. The third-order valence-corrected chi connectivity index (χ3v) is 2.62. The van der Waals surface area contributed by atoms with Gasteiger partial charge in [-0.05, 0) is 32.6 Å². The molecule has 1 heterocycles. The first-order valence-electron chi connectivity index (χ1n) is 5.65. The van der Waals surface area contributed by atoms with Gasteiger partial charge in [-0.1, -0.05) is 6.92 Å². The summed E-state index contributed by atoms with van der Waals surface area (Å²) in [6.45, 7) is 7.07. The van der Waals surface area contributed by atoms with Gasteiger partial charge < -0.3 is 17.2 Å². The number of rotatable bonds is 5. The Morgan fingerprint density at radius 1 is 1.44 bits per heavy atom. The molecule has 0 aromatic carbocycles. The summed E-state index contributed by atoms with van der Waals surface area (Å²) in [5.41, 5.74) is 17.8. The molecule has 1 aromatic heterocycles. The molecular formula is C11H23N5. The molecule has 0 spiro atoms. The molecule has 0 aliphatic carbocycles. The first kappa shape index (κ1) is 12.8. The third-order valence-electron chi connectivity index (χ3n) is 2.62. The number of hydrogen-bond donors (Lipinski definition) is 3. The van der Waals surface area contributed by atoms with Crippen LogP contribution in [0.2, 0.25) is 0 Å². The third kappa shape index (κ3) is 3.73. The van der Waals surface area contributed by atoms with Crippen LogP contribution >= 0.6 is 0 Å². The van der Waals surface area contributed by atoms with Crippen LogP contribution in [0.25, 0.3) is 0 Å². The van der Waals surface area contributed by atoms with Gasteiger partial charge in [-0.3, -0.25) is 0 Å². The van der Waals surface area contributed by atoms with E-state index >= 15 is 0 Å². The standard InChI is InChI=1S/C11H23N5/c1-8(6-11(2,3)14)4-5-16-10(13)9(12)7-15-16/h7-8H,4-6,12-14H2,1-3H3. The highest BCUT2D eigenvalue weighted by Gasteiger charge is 2.16. The summed E-state index contributed by atoms with van der Waals surface area (Å²) in [7, 11) is 0. The predicted molar refractivity (Wildman–Crippen MR) is 67.7 cm³/mol. The molecule has 16 heavy (non-hydrogen) atoms. The van der Waals surface area contributed by atoms with Crippen molar-refractivity contribution in [2.45, 2.75) is 45.7 Å². The number of aryl methyl sites for hydroxylation is 1. The summed E-state index contributed by atoms with van der Waals surface area (Å²) in [4.78, 5) is 0. The van der Waals surface area contributed by atoms with Crippen molar-refractivity contribution in [2.75, 3.05) is 11.5 Å².